The van der Waals surface area contributed by atoms with Gasteiger partial charge in [0.2, 0.25) is 5.91 Å². The Morgan fingerprint density at radius 3 is 2.64 bits per heavy atom. The van der Waals surface area contributed by atoms with Gasteiger partial charge >= 0.3 is 0 Å². The SMILES string of the molecule is CCOc1cccc2sc(N(CCN3CCOCC3)C(=O)CS(=O)(=O)c3ccccc3)nc12. The number of aromatic nitrogens is 1. The fraction of sp³-hybridized carbons (Fsp3) is 0.391. The van der Waals surface area contributed by atoms with Crippen LogP contribution in [-0.4, -0.2) is 76.0 Å². The lowest BCUT2D eigenvalue weighted by atomic mass is 10.3. The van der Waals surface area contributed by atoms with E-state index in [1.54, 1.807) is 18.2 Å². The third-order valence-electron chi connectivity index (χ3n) is 5.36. The summed E-state index contributed by atoms with van der Waals surface area (Å²) < 4.78 is 37.7. The summed E-state index contributed by atoms with van der Waals surface area (Å²) in [6.07, 6.45) is 0. The van der Waals surface area contributed by atoms with Gasteiger partial charge in [-0.2, -0.15) is 0 Å². The summed E-state index contributed by atoms with van der Waals surface area (Å²) in [5.41, 5.74) is 0.675. The molecule has 0 N–H and O–H groups in total. The zero-order valence-electron chi connectivity index (χ0n) is 18.5. The summed E-state index contributed by atoms with van der Waals surface area (Å²) in [7, 11) is -3.78. The number of hydrogen-bond acceptors (Lipinski definition) is 8. The van der Waals surface area contributed by atoms with Crippen LogP contribution in [0.25, 0.3) is 10.2 Å². The van der Waals surface area contributed by atoms with Gasteiger partial charge in [0.1, 0.15) is 17.0 Å². The van der Waals surface area contributed by atoms with Gasteiger partial charge in [0.25, 0.3) is 0 Å². The van der Waals surface area contributed by atoms with Gasteiger partial charge in [-0.3, -0.25) is 14.6 Å². The Labute approximate surface area is 197 Å². The van der Waals surface area contributed by atoms with Gasteiger partial charge in [-0.25, -0.2) is 13.4 Å². The molecule has 4 rings (SSSR count). The largest absolute Gasteiger partial charge is 0.492 e. The molecule has 10 heteroatoms. The molecule has 1 saturated heterocycles. The van der Waals surface area contributed by atoms with Crippen molar-refractivity contribution in [1.29, 1.82) is 0 Å². The van der Waals surface area contributed by atoms with Crippen molar-refractivity contribution < 1.29 is 22.7 Å². The Balaban J connectivity index is 1.62. The summed E-state index contributed by atoms with van der Waals surface area (Å²) in [5, 5.41) is 0.471. The molecule has 0 saturated carbocycles. The van der Waals surface area contributed by atoms with Crippen LogP contribution in [0.4, 0.5) is 5.13 Å². The maximum atomic E-state index is 13.3. The minimum absolute atomic E-state index is 0.134. The molecule has 1 aliphatic heterocycles. The topological polar surface area (TPSA) is 89.0 Å². The van der Waals surface area contributed by atoms with Crippen LogP contribution < -0.4 is 9.64 Å². The van der Waals surface area contributed by atoms with Crippen molar-refractivity contribution >= 4 is 42.4 Å². The van der Waals surface area contributed by atoms with Gasteiger partial charge in [0.05, 0.1) is 29.4 Å². The number of nitrogens with zero attached hydrogens (tertiary/aromatic N) is 3. The molecule has 3 aromatic rings. The number of amides is 1. The molecule has 2 heterocycles. The number of anilines is 1. The van der Waals surface area contributed by atoms with E-state index in [0.717, 1.165) is 17.8 Å². The van der Waals surface area contributed by atoms with Crippen molar-refractivity contribution in [2.75, 3.05) is 56.7 Å². The van der Waals surface area contributed by atoms with Crippen LogP contribution in [0.3, 0.4) is 0 Å². The lowest BCUT2D eigenvalue weighted by Crippen LogP contribution is -2.44. The maximum Gasteiger partial charge on any atom is 0.244 e. The molecule has 1 aliphatic rings. The van der Waals surface area contributed by atoms with Gasteiger partial charge in [-0.1, -0.05) is 35.6 Å². The smallest absolute Gasteiger partial charge is 0.244 e. The van der Waals surface area contributed by atoms with Gasteiger partial charge in [0, 0.05) is 26.2 Å². The highest BCUT2D eigenvalue weighted by atomic mass is 32.2. The zero-order chi connectivity index (χ0) is 23.3. The van der Waals surface area contributed by atoms with E-state index >= 15 is 0 Å². The molecule has 0 unspecified atom stereocenters. The van der Waals surface area contributed by atoms with E-state index < -0.39 is 21.5 Å². The molecule has 176 valence electrons. The molecule has 1 amide bonds. The molecule has 0 radical (unpaired) electrons. The average Bonchev–Trinajstić information content (AvgIpc) is 3.25. The summed E-state index contributed by atoms with van der Waals surface area (Å²) in [5.74, 6) is -0.465. The van der Waals surface area contributed by atoms with Crippen LogP contribution in [0.5, 0.6) is 5.75 Å². The van der Waals surface area contributed by atoms with Crippen molar-refractivity contribution in [1.82, 2.24) is 9.88 Å². The van der Waals surface area contributed by atoms with Crippen molar-refractivity contribution in [3.05, 3.63) is 48.5 Å². The molecule has 0 aliphatic carbocycles. The van der Waals surface area contributed by atoms with E-state index in [-0.39, 0.29) is 4.90 Å². The molecule has 33 heavy (non-hydrogen) atoms. The Kier molecular flexibility index (Phi) is 7.59. The second-order valence-electron chi connectivity index (χ2n) is 7.60. The standard InChI is InChI=1S/C23H27N3O5S2/c1-2-31-19-9-6-10-20-22(19)24-23(32-20)26(12-11-25-13-15-30-16-14-25)21(27)17-33(28,29)18-7-4-3-5-8-18/h3-10H,2,11-17H2,1H3. The summed E-state index contributed by atoms with van der Waals surface area (Å²) in [6, 6.07) is 13.7. The van der Waals surface area contributed by atoms with Crippen molar-refractivity contribution in [2.24, 2.45) is 0 Å². The summed E-state index contributed by atoms with van der Waals surface area (Å²) in [6.45, 7) is 6.20. The fourth-order valence-corrected chi connectivity index (χ4v) is 5.89. The minimum Gasteiger partial charge on any atom is -0.492 e. The molecule has 0 bridgehead atoms. The second kappa shape index (κ2) is 10.6. The van der Waals surface area contributed by atoms with Gasteiger partial charge in [0.15, 0.2) is 15.0 Å². The molecule has 8 nitrogen and oxygen atoms in total. The number of hydrogen-bond donors (Lipinski definition) is 0. The van der Waals surface area contributed by atoms with Crippen molar-refractivity contribution in [3.8, 4) is 5.75 Å². The molecular formula is C23H27N3O5S2. The number of rotatable bonds is 9. The van der Waals surface area contributed by atoms with Crippen LogP contribution >= 0.6 is 11.3 Å². The lowest BCUT2D eigenvalue weighted by molar-refractivity contribution is -0.116. The normalized spacial score (nSPS) is 14.9. The monoisotopic (exact) mass is 489 g/mol. The fourth-order valence-electron chi connectivity index (χ4n) is 3.64. The number of carbonyl (C=O) groups excluding carboxylic acids is 1. The Hall–Kier alpha value is -2.53. The van der Waals surface area contributed by atoms with E-state index in [1.807, 2.05) is 25.1 Å². The molecule has 1 fully saturated rings. The van der Waals surface area contributed by atoms with E-state index in [4.69, 9.17) is 9.47 Å². The number of sulfone groups is 1. The molecule has 0 atom stereocenters. The molecule has 0 spiro atoms. The third-order valence-corrected chi connectivity index (χ3v) is 8.02. The number of ether oxygens (including phenoxy) is 2. The van der Waals surface area contributed by atoms with Crippen LogP contribution in [-0.2, 0) is 19.4 Å². The highest BCUT2D eigenvalue weighted by Crippen LogP contribution is 2.34. The first-order valence-corrected chi connectivity index (χ1v) is 13.4. The quantitative estimate of drug-likeness (QED) is 0.457. The molecule has 2 aromatic carbocycles. The van der Waals surface area contributed by atoms with Gasteiger partial charge < -0.3 is 9.47 Å². The Morgan fingerprint density at radius 2 is 1.91 bits per heavy atom. The number of benzene rings is 2. The first-order chi connectivity index (χ1) is 16.0. The van der Waals surface area contributed by atoms with Gasteiger partial charge in [-0.15, -0.1) is 0 Å². The van der Waals surface area contributed by atoms with Crippen molar-refractivity contribution in [3.63, 3.8) is 0 Å². The van der Waals surface area contributed by atoms with Crippen LogP contribution in [0.1, 0.15) is 6.92 Å². The number of thiazole rings is 1. The highest BCUT2D eigenvalue weighted by molar-refractivity contribution is 7.92. The predicted octanol–water partition coefficient (Wildman–Crippen LogP) is 2.83. The minimum atomic E-state index is -3.78. The van der Waals surface area contributed by atoms with Crippen LogP contribution in [0.2, 0.25) is 0 Å². The summed E-state index contributed by atoms with van der Waals surface area (Å²) >= 11 is 1.36. The number of para-hydroxylation sites is 1. The van der Waals surface area contributed by atoms with E-state index in [1.165, 1.54) is 28.4 Å². The zero-order valence-corrected chi connectivity index (χ0v) is 20.1. The predicted molar refractivity (Wildman–Crippen MR) is 129 cm³/mol. The Morgan fingerprint density at radius 1 is 1.15 bits per heavy atom. The van der Waals surface area contributed by atoms with Crippen molar-refractivity contribution in [2.45, 2.75) is 11.8 Å². The second-order valence-corrected chi connectivity index (χ2v) is 10.6. The van der Waals surface area contributed by atoms with E-state index in [2.05, 4.69) is 9.88 Å². The lowest BCUT2D eigenvalue weighted by Gasteiger charge is -2.29. The number of morpholine rings is 1. The molecule has 1 aromatic heterocycles. The average molecular weight is 490 g/mol. The highest BCUT2D eigenvalue weighted by Gasteiger charge is 2.27. The van der Waals surface area contributed by atoms with E-state index in [0.29, 0.717) is 49.3 Å². The van der Waals surface area contributed by atoms with Crippen LogP contribution in [0.15, 0.2) is 53.4 Å². The number of carbonyl (C=O) groups is 1. The molecular weight excluding hydrogens is 462 g/mol. The summed E-state index contributed by atoms with van der Waals surface area (Å²) in [4.78, 5) is 21.8. The Bertz CT molecular complexity index is 1190. The number of fused-ring (bicyclic) bond motifs is 1. The van der Waals surface area contributed by atoms with Gasteiger partial charge in [-0.05, 0) is 31.2 Å². The first-order valence-electron chi connectivity index (χ1n) is 10.9. The third kappa shape index (κ3) is 5.70. The van der Waals surface area contributed by atoms with Crippen LogP contribution in [0, 0.1) is 0 Å². The first kappa shape index (κ1) is 23.6. The maximum absolute atomic E-state index is 13.3. The van der Waals surface area contributed by atoms with E-state index in [9.17, 15) is 13.2 Å².